The van der Waals surface area contributed by atoms with E-state index < -0.39 is 60.3 Å². The monoisotopic (exact) mass is 569 g/mol. The van der Waals surface area contributed by atoms with Gasteiger partial charge in [-0.05, 0) is 48.9 Å². The molecule has 41 heavy (non-hydrogen) atoms. The maximum absolute atomic E-state index is 13.0. The van der Waals surface area contributed by atoms with Gasteiger partial charge in [0.15, 0.2) is 0 Å². The van der Waals surface area contributed by atoms with E-state index in [1.165, 1.54) is 19.1 Å². The van der Waals surface area contributed by atoms with Gasteiger partial charge in [-0.2, -0.15) is 0 Å². The fraction of sp³-hybridized carbons (Fsp3) is 0.414. The fourth-order valence-electron chi connectivity index (χ4n) is 3.95. The van der Waals surface area contributed by atoms with Crippen LogP contribution < -0.4 is 27.0 Å². The zero-order chi connectivity index (χ0) is 30.5. The number of hydrogen-bond acceptors (Lipinski definition) is 7. The van der Waals surface area contributed by atoms with Crippen molar-refractivity contribution in [3.8, 4) is 5.75 Å². The Kier molecular flexibility index (Phi) is 12.8. The molecule has 0 heterocycles. The molecule has 0 saturated heterocycles. The van der Waals surface area contributed by atoms with Crippen molar-refractivity contribution in [2.45, 2.75) is 64.2 Å². The number of phenols is 1. The molecule has 2 aromatic rings. The summed E-state index contributed by atoms with van der Waals surface area (Å²) in [6.07, 6.45) is 0.505. The molecule has 0 aliphatic heterocycles. The highest BCUT2D eigenvalue weighted by molar-refractivity contribution is 5.94. The number of amides is 4. The molecule has 222 valence electrons. The van der Waals surface area contributed by atoms with E-state index in [1.807, 2.05) is 13.8 Å². The second-order valence-electron chi connectivity index (χ2n) is 10.3. The van der Waals surface area contributed by atoms with Crippen molar-refractivity contribution in [1.82, 2.24) is 21.3 Å². The quantitative estimate of drug-likeness (QED) is 0.158. The van der Waals surface area contributed by atoms with Crippen LogP contribution >= 0.6 is 0 Å². The molecule has 0 aliphatic rings. The van der Waals surface area contributed by atoms with Crippen LogP contribution in [0, 0.1) is 5.92 Å². The second-order valence-corrected chi connectivity index (χ2v) is 10.3. The summed E-state index contributed by atoms with van der Waals surface area (Å²) in [5.41, 5.74) is 7.41. The Morgan fingerprint density at radius 1 is 0.756 bits per heavy atom. The van der Waals surface area contributed by atoms with E-state index >= 15 is 0 Å². The molecule has 4 amide bonds. The van der Waals surface area contributed by atoms with Gasteiger partial charge in [-0.25, -0.2) is 4.79 Å². The number of hydrogen-bond donors (Lipinski definition) is 7. The number of carbonyl (C=O) groups excluding carboxylic acids is 4. The molecule has 4 atom stereocenters. The number of carboxylic acid groups (broad SMARTS) is 1. The highest BCUT2D eigenvalue weighted by Crippen LogP contribution is 2.11. The van der Waals surface area contributed by atoms with Gasteiger partial charge in [0, 0.05) is 6.42 Å². The molecule has 0 aliphatic carbocycles. The lowest BCUT2D eigenvalue weighted by molar-refractivity contribution is -0.142. The van der Waals surface area contributed by atoms with Gasteiger partial charge in [0.1, 0.15) is 23.9 Å². The lowest BCUT2D eigenvalue weighted by atomic mass is 10.0. The van der Waals surface area contributed by atoms with Gasteiger partial charge < -0.3 is 37.2 Å². The summed E-state index contributed by atoms with van der Waals surface area (Å²) in [5.74, 6) is -3.63. The van der Waals surface area contributed by atoms with Gasteiger partial charge in [-0.15, -0.1) is 0 Å². The number of nitrogens with two attached hydrogens (primary N) is 1. The predicted molar refractivity (Wildman–Crippen MR) is 151 cm³/mol. The Morgan fingerprint density at radius 2 is 1.37 bits per heavy atom. The predicted octanol–water partition coefficient (Wildman–Crippen LogP) is 0.226. The first-order chi connectivity index (χ1) is 19.3. The van der Waals surface area contributed by atoms with Crippen LogP contribution in [0.15, 0.2) is 54.6 Å². The van der Waals surface area contributed by atoms with E-state index in [9.17, 15) is 34.2 Å². The Bertz CT molecular complexity index is 1190. The minimum absolute atomic E-state index is 0.0126. The van der Waals surface area contributed by atoms with Gasteiger partial charge >= 0.3 is 5.97 Å². The molecule has 12 heteroatoms. The summed E-state index contributed by atoms with van der Waals surface area (Å²) in [6.45, 7) is 4.62. The average Bonchev–Trinajstić information content (AvgIpc) is 2.92. The third kappa shape index (κ3) is 11.7. The SMILES string of the molecule is CC(C)C[C@H](NC(=O)[C@H](Cc1ccccc1)NC(=O)CNC(=O)[C@@H](C)NC(=O)[C@H](N)Cc1ccc(O)cc1)C(=O)O. The highest BCUT2D eigenvalue weighted by atomic mass is 16.4. The summed E-state index contributed by atoms with van der Waals surface area (Å²) in [5, 5.41) is 28.8. The van der Waals surface area contributed by atoms with Crippen LogP contribution in [0.4, 0.5) is 0 Å². The van der Waals surface area contributed by atoms with Crippen LogP contribution in [0.25, 0.3) is 0 Å². The van der Waals surface area contributed by atoms with E-state index in [-0.39, 0.29) is 30.9 Å². The van der Waals surface area contributed by atoms with Crippen molar-refractivity contribution in [2.24, 2.45) is 11.7 Å². The van der Waals surface area contributed by atoms with Crippen molar-refractivity contribution in [1.29, 1.82) is 0 Å². The second kappa shape index (κ2) is 16.0. The molecule has 2 rings (SSSR count). The molecular formula is C29H39N5O7. The third-order valence-corrected chi connectivity index (χ3v) is 6.16. The van der Waals surface area contributed by atoms with E-state index in [0.717, 1.165) is 11.1 Å². The van der Waals surface area contributed by atoms with Crippen molar-refractivity contribution in [2.75, 3.05) is 6.54 Å². The molecule has 0 unspecified atom stereocenters. The van der Waals surface area contributed by atoms with Crippen LogP contribution in [0.3, 0.4) is 0 Å². The Balaban J connectivity index is 1.94. The smallest absolute Gasteiger partial charge is 0.326 e. The summed E-state index contributed by atoms with van der Waals surface area (Å²) in [4.78, 5) is 62.3. The Labute approximate surface area is 239 Å². The van der Waals surface area contributed by atoms with E-state index in [4.69, 9.17) is 5.73 Å². The zero-order valence-corrected chi connectivity index (χ0v) is 23.4. The number of carbonyl (C=O) groups is 5. The maximum atomic E-state index is 13.0. The van der Waals surface area contributed by atoms with Crippen LogP contribution in [-0.2, 0) is 36.8 Å². The van der Waals surface area contributed by atoms with Crippen molar-refractivity contribution >= 4 is 29.6 Å². The molecule has 0 fully saturated rings. The summed E-state index contributed by atoms with van der Waals surface area (Å²) in [6, 6.07) is 11.0. The highest BCUT2D eigenvalue weighted by Gasteiger charge is 2.28. The zero-order valence-electron chi connectivity index (χ0n) is 23.4. The van der Waals surface area contributed by atoms with Crippen molar-refractivity contribution in [3.63, 3.8) is 0 Å². The van der Waals surface area contributed by atoms with Crippen molar-refractivity contribution < 1.29 is 34.2 Å². The van der Waals surface area contributed by atoms with Gasteiger partial charge in [0.25, 0.3) is 0 Å². The van der Waals surface area contributed by atoms with Gasteiger partial charge in [0.05, 0.1) is 12.6 Å². The molecular weight excluding hydrogens is 530 g/mol. The summed E-state index contributed by atoms with van der Waals surface area (Å²) >= 11 is 0. The molecule has 0 spiro atoms. The summed E-state index contributed by atoms with van der Waals surface area (Å²) < 4.78 is 0. The van der Waals surface area contributed by atoms with Crippen LogP contribution in [0.1, 0.15) is 38.3 Å². The normalized spacial score (nSPS) is 13.8. The third-order valence-electron chi connectivity index (χ3n) is 6.16. The molecule has 0 saturated carbocycles. The Hall–Kier alpha value is -4.45. The molecule has 0 aromatic heterocycles. The average molecular weight is 570 g/mol. The van der Waals surface area contributed by atoms with Gasteiger partial charge in [-0.3, -0.25) is 19.2 Å². The van der Waals surface area contributed by atoms with Gasteiger partial charge in [-0.1, -0.05) is 56.3 Å². The van der Waals surface area contributed by atoms with Crippen molar-refractivity contribution in [3.05, 3.63) is 65.7 Å². The van der Waals surface area contributed by atoms with E-state index in [2.05, 4.69) is 21.3 Å². The molecule has 12 nitrogen and oxygen atoms in total. The number of aliphatic carboxylic acids is 1. The molecule has 8 N–H and O–H groups in total. The number of nitrogens with one attached hydrogen (secondary N) is 4. The number of benzene rings is 2. The summed E-state index contributed by atoms with van der Waals surface area (Å²) in [7, 11) is 0. The first kappa shape index (κ1) is 32.8. The van der Waals surface area contributed by atoms with E-state index in [0.29, 0.717) is 0 Å². The van der Waals surface area contributed by atoms with Crippen LogP contribution in [0.2, 0.25) is 0 Å². The number of phenolic OH excluding ortho intramolecular Hbond substituents is 1. The fourth-order valence-corrected chi connectivity index (χ4v) is 3.95. The Morgan fingerprint density at radius 3 is 1.95 bits per heavy atom. The first-order valence-electron chi connectivity index (χ1n) is 13.3. The minimum Gasteiger partial charge on any atom is -0.508 e. The minimum atomic E-state index is -1.18. The molecule has 2 aromatic carbocycles. The van der Waals surface area contributed by atoms with E-state index in [1.54, 1.807) is 42.5 Å². The molecule has 0 bridgehead atoms. The standard InChI is InChI=1S/C29H39N5O7/c1-17(2)13-24(29(40)41)34-28(39)23(15-19-7-5-4-6-8-19)33-25(36)16-31-26(37)18(3)32-27(38)22(30)14-20-9-11-21(35)12-10-20/h4-12,17-18,22-24,35H,13-16,30H2,1-3H3,(H,31,37)(H,32,38)(H,33,36)(H,34,39)(H,40,41)/t18-,22-,23+,24+/m1/s1. The number of aromatic hydroxyl groups is 1. The first-order valence-corrected chi connectivity index (χ1v) is 13.3. The maximum Gasteiger partial charge on any atom is 0.326 e. The number of carboxylic acids is 1. The number of rotatable bonds is 15. The largest absolute Gasteiger partial charge is 0.508 e. The van der Waals surface area contributed by atoms with Crippen LogP contribution in [-0.4, -0.2) is 70.5 Å². The lowest BCUT2D eigenvalue weighted by Crippen LogP contribution is -2.55. The van der Waals surface area contributed by atoms with Crippen LogP contribution in [0.5, 0.6) is 5.75 Å². The van der Waals surface area contributed by atoms with Gasteiger partial charge in [0.2, 0.25) is 23.6 Å². The topological polar surface area (TPSA) is 200 Å². The lowest BCUT2D eigenvalue weighted by Gasteiger charge is -2.23. The molecule has 0 radical (unpaired) electrons.